The zero-order valence-corrected chi connectivity index (χ0v) is 34.7. The minimum Gasteiger partial charge on any atom is -0.292 e. The van der Waals surface area contributed by atoms with Crippen molar-refractivity contribution in [2.75, 3.05) is 0 Å². The SMILES string of the molecule is CC1(C)c2ccccc2-c2c(-c3nc(-c4cccc(-n5c(-c6ccccc6)nc6ccccc65)c4)nc(-c4cccc(-n5c(-c6ccccc6)nc6ccccc65)c4)n3)cccc21. The van der Waals surface area contributed by atoms with Crippen LogP contribution in [0, 0.1) is 0 Å². The molecule has 298 valence electrons. The van der Waals surface area contributed by atoms with Gasteiger partial charge in [-0.05, 0) is 70.8 Å². The molecule has 0 radical (unpaired) electrons. The third-order valence-electron chi connectivity index (χ3n) is 12.4. The summed E-state index contributed by atoms with van der Waals surface area (Å²) in [5, 5.41) is 0. The molecule has 11 aromatic rings. The summed E-state index contributed by atoms with van der Waals surface area (Å²) >= 11 is 0. The molecule has 0 fully saturated rings. The van der Waals surface area contributed by atoms with Gasteiger partial charge in [0.05, 0.1) is 22.1 Å². The lowest BCUT2D eigenvalue weighted by molar-refractivity contribution is 0.660. The third-order valence-corrected chi connectivity index (χ3v) is 12.4. The van der Waals surface area contributed by atoms with E-state index in [1.54, 1.807) is 0 Å². The van der Waals surface area contributed by atoms with Crippen LogP contribution >= 0.6 is 0 Å². The minimum atomic E-state index is -0.183. The molecule has 7 heteroatoms. The van der Waals surface area contributed by atoms with Crippen molar-refractivity contribution in [1.29, 1.82) is 0 Å². The zero-order chi connectivity index (χ0) is 42.1. The van der Waals surface area contributed by atoms with Crippen LogP contribution in [0.5, 0.6) is 0 Å². The second-order valence-corrected chi connectivity index (χ2v) is 16.6. The van der Waals surface area contributed by atoms with Gasteiger partial charge in [0.2, 0.25) is 0 Å². The fraction of sp³-hybridized carbons (Fsp3) is 0.0536. The van der Waals surface area contributed by atoms with Gasteiger partial charge in [-0.3, -0.25) is 9.13 Å². The number of nitrogens with zero attached hydrogens (tertiary/aromatic N) is 7. The summed E-state index contributed by atoms with van der Waals surface area (Å²) in [6.07, 6.45) is 0. The number of hydrogen-bond donors (Lipinski definition) is 0. The predicted molar refractivity (Wildman–Crippen MR) is 254 cm³/mol. The Balaban J connectivity index is 1.07. The Bertz CT molecular complexity index is 3370. The topological polar surface area (TPSA) is 74.3 Å². The maximum absolute atomic E-state index is 5.37. The number of fused-ring (bicyclic) bond motifs is 5. The van der Waals surface area contributed by atoms with E-state index in [0.29, 0.717) is 17.5 Å². The number of imidazole rings is 2. The van der Waals surface area contributed by atoms with Gasteiger partial charge in [-0.25, -0.2) is 24.9 Å². The fourth-order valence-electron chi connectivity index (χ4n) is 9.40. The first-order chi connectivity index (χ1) is 31.0. The summed E-state index contributed by atoms with van der Waals surface area (Å²) in [6, 6.07) is 69.4. The molecule has 0 unspecified atom stereocenters. The first-order valence-corrected chi connectivity index (χ1v) is 21.3. The molecule has 0 atom stereocenters. The van der Waals surface area contributed by atoms with E-state index in [1.165, 1.54) is 22.3 Å². The fourth-order valence-corrected chi connectivity index (χ4v) is 9.40. The Morgan fingerprint density at radius 3 is 1.35 bits per heavy atom. The highest BCUT2D eigenvalue weighted by Gasteiger charge is 2.37. The Morgan fingerprint density at radius 1 is 0.349 bits per heavy atom. The summed E-state index contributed by atoms with van der Waals surface area (Å²) in [6.45, 7) is 4.60. The molecule has 63 heavy (non-hydrogen) atoms. The molecule has 3 aromatic heterocycles. The van der Waals surface area contributed by atoms with E-state index < -0.39 is 0 Å². The van der Waals surface area contributed by atoms with E-state index in [-0.39, 0.29) is 5.41 Å². The number of para-hydroxylation sites is 4. The van der Waals surface area contributed by atoms with Crippen LogP contribution in [0.15, 0.2) is 200 Å². The van der Waals surface area contributed by atoms with Crippen LogP contribution in [-0.2, 0) is 5.41 Å². The van der Waals surface area contributed by atoms with Gasteiger partial charge in [0.25, 0.3) is 0 Å². The van der Waals surface area contributed by atoms with Crippen molar-refractivity contribution >= 4 is 22.1 Å². The second-order valence-electron chi connectivity index (χ2n) is 16.6. The molecule has 3 heterocycles. The summed E-state index contributed by atoms with van der Waals surface area (Å²) in [5.41, 5.74) is 15.3. The average molecular weight is 810 g/mol. The zero-order valence-electron chi connectivity index (χ0n) is 34.7. The molecule has 0 amide bonds. The molecule has 8 aromatic carbocycles. The molecule has 1 aliphatic carbocycles. The molecule has 0 aliphatic heterocycles. The van der Waals surface area contributed by atoms with Crippen molar-refractivity contribution in [3.8, 4) is 79.4 Å². The monoisotopic (exact) mass is 809 g/mol. The van der Waals surface area contributed by atoms with Crippen LogP contribution in [0.1, 0.15) is 25.0 Å². The van der Waals surface area contributed by atoms with E-state index in [4.69, 9.17) is 24.9 Å². The Morgan fingerprint density at radius 2 is 0.778 bits per heavy atom. The molecular weight excluding hydrogens is 771 g/mol. The summed E-state index contributed by atoms with van der Waals surface area (Å²) in [7, 11) is 0. The van der Waals surface area contributed by atoms with Crippen molar-refractivity contribution in [3.63, 3.8) is 0 Å². The Labute approximate surface area is 364 Å². The van der Waals surface area contributed by atoms with Gasteiger partial charge in [0.15, 0.2) is 17.5 Å². The van der Waals surface area contributed by atoms with Gasteiger partial charge in [-0.2, -0.15) is 0 Å². The van der Waals surface area contributed by atoms with Gasteiger partial charge in [-0.1, -0.05) is 166 Å². The van der Waals surface area contributed by atoms with E-state index in [9.17, 15) is 0 Å². The third kappa shape index (κ3) is 6.00. The first-order valence-electron chi connectivity index (χ1n) is 21.3. The van der Waals surface area contributed by atoms with E-state index in [0.717, 1.165) is 72.9 Å². The lowest BCUT2D eigenvalue weighted by Crippen LogP contribution is -2.14. The molecule has 12 rings (SSSR count). The van der Waals surface area contributed by atoms with E-state index in [2.05, 4.69) is 199 Å². The van der Waals surface area contributed by atoms with Gasteiger partial charge in [0.1, 0.15) is 11.6 Å². The quantitative estimate of drug-likeness (QED) is 0.160. The van der Waals surface area contributed by atoms with E-state index in [1.807, 2.05) is 24.3 Å². The maximum atomic E-state index is 5.37. The lowest BCUT2D eigenvalue weighted by Gasteiger charge is -2.21. The molecule has 0 bridgehead atoms. The molecule has 1 aliphatic rings. The Kier molecular flexibility index (Phi) is 8.37. The number of aromatic nitrogens is 7. The van der Waals surface area contributed by atoms with Crippen molar-refractivity contribution in [2.45, 2.75) is 19.3 Å². The van der Waals surface area contributed by atoms with Gasteiger partial charge in [-0.15, -0.1) is 0 Å². The predicted octanol–water partition coefficient (Wildman–Crippen LogP) is 13.2. The molecule has 0 saturated carbocycles. The van der Waals surface area contributed by atoms with Gasteiger partial charge < -0.3 is 0 Å². The molecule has 0 spiro atoms. The van der Waals surface area contributed by atoms with Crippen LogP contribution in [0.3, 0.4) is 0 Å². The molecular formula is C56H39N7. The summed E-state index contributed by atoms with van der Waals surface area (Å²) in [4.78, 5) is 26.3. The smallest absolute Gasteiger partial charge is 0.164 e. The number of hydrogen-bond acceptors (Lipinski definition) is 5. The average Bonchev–Trinajstić information content (AvgIpc) is 4.01. The highest BCUT2D eigenvalue weighted by Crippen LogP contribution is 2.51. The number of benzene rings is 8. The lowest BCUT2D eigenvalue weighted by atomic mass is 9.82. The normalized spacial score (nSPS) is 12.7. The van der Waals surface area contributed by atoms with Crippen LogP contribution in [0.2, 0.25) is 0 Å². The first kappa shape index (κ1) is 36.6. The van der Waals surface area contributed by atoms with E-state index >= 15 is 0 Å². The minimum absolute atomic E-state index is 0.183. The highest BCUT2D eigenvalue weighted by molar-refractivity contribution is 5.92. The molecule has 0 saturated heterocycles. The van der Waals surface area contributed by atoms with Crippen LogP contribution in [0.4, 0.5) is 0 Å². The van der Waals surface area contributed by atoms with Gasteiger partial charge >= 0.3 is 0 Å². The van der Waals surface area contributed by atoms with Crippen LogP contribution in [-0.4, -0.2) is 34.1 Å². The highest BCUT2D eigenvalue weighted by atomic mass is 15.1. The second kappa shape index (κ2) is 14.4. The Hall–Kier alpha value is -8.29. The van der Waals surface area contributed by atoms with Crippen molar-refractivity contribution in [1.82, 2.24) is 34.1 Å². The van der Waals surface area contributed by atoms with Crippen LogP contribution in [0.25, 0.3) is 102 Å². The molecule has 0 N–H and O–H groups in total. The summed E-state index contributed by atoms with van der Waals surface area (Å²) < 4.78 is 4.45. The maximum Gasteiger partial charge on any atom is 0.164 e. The summed E-state index contributed by atoms with van der Waals surface area (Å²) in [5.74, 6) is 3.51. The largest absolute Gasteiger partial charge is 0.292 e. The molecule has 7 nitrogen and oxygen atoms in total. The van der Waals surface area contributed by atoms with Crippen molar-refractivity contribution in [2.24, 2.45) is 0 Å². The van der Waals surface area contributed by atoms with Gasteiger partial charge in [0, 0.05) is 44.6 Å². The number of rotatable bonds is 7. The van der Waals surface area contributed by atoms with Crippen LogP contribution < -0.4 is 0 Å². The standard InChI is InChI=1S/C56H39N7/c1-56(2)44-28-10-9-26-42(44)50-43(27-17-29-45(50)56)53-60-51(38-22-15-24-40(34-38)62-48-32-13-11-30-46(48)57-54(62)36-18-5-3-6-19-36)59-52(61-53)39-23-16-25-41(35-39)63-49-33-14-12-31-47(49)58-55(63)37-20-7-4-8-21-37/h3-35H,1-2H3. The van der Waals surface area contributed by atoms with Crippen molar-refractivity contribution < 1.29 is 0 Å². The van der Waals surface area contributed by atoms with Crippen molar-refractivity contribution in [3.05, 3.63) is 211 Å².